The summed E-state index contributed by atoms with van der Waals surface area (Å²) in [5, 5.41) is 0.809. The van der Waals surface area contributed by atoms with E-state index in [9.17, 15) is 4.79 Å². The standard InChI is InChI=1S/C25H23Cl2NO2/c1-14-11-20(26)21(27)13-17(14)23(29)15(2)10-16-12-19-24(30-16)28(5)22-9-7-6-8-18(22)25(19,3)4/h6-13H,1-5H3/b15-10-. The Kier molecular flexibility index (Phi) is 5.08. The molecule has 0 radical (unpaired) electrons. The lowest BCUT2D eigenvalue weighted by molar-refractivity contribution is 0.103. The van der Waals surface area contributed by atoms with E-state index in [4.69, 9.17) is 27.6 Å². The molecule has 0 aliphatic carbocycles. The highest BCUT2D eigenvalue weighted by atomic mass is 35.5. The zero-order chi connectivity index (χ0) is 21.8. The van der Waals surface area contributed by atoms with E-state index < -0.39 is 0 Å². The normalized spacial score (nSPS) is 15.0. The molecule has 4 rings (SSSR count). The molecule has 1 aliphatic heterocycles. The molecule has 0 saturated carbocycles. The van der Waals surface area contributed by atoms with Crippen LogP contribution in [0.15, 0.2) is 52.5 Å². The zero-order valence-electron chi connectivity index (χ0n) is 17.6. The van der Waals surface area contributed by atoms with Crippen molar-refractivity contribution in [2.45, 2.75) is 33.1 Å². The van der Waals surface area contributed by atoms with Crippen molar-refractivity contribution in [2.75, 3.05) is 11.9 Å². The highest BCUT2D eigenvalue weighted by molar-refractivity contribution is 6.42. The number of anilines is 2. The van der Waals surface area contributed by atoms with Gasteiger partial charge in [-0.15, -0.1) is 0 Å². The molecule has 0 unspecified atom stereocenters. The fourth-order valence-corrected chi connectivity index (χ4v) is 4.48. The monoisotopic (exact) mass is 439 g/mol. The number of fused-ring (bicyclic) bond motifs is 2. The number of carbonyl (C=O) groups is 1. The number of hydrogen-bond acceptors (Lipinski definition) is 3. The molecule has 0 atom stereocenters. The second kappa shape index (κ2) is 7.33. The van der Waals surface area contributed by atoms with Gasteiger partial charge in [-0.3, -0.25) is 4.79 Å². The summed E-state index contributed by atoms with van der Waals surface area (Å²) >= 11 is 12.2. The third-order valence-electron chi connectivity index (χ3n) is 5.88. The second-order valence-electron chi connectivity index (χ2n) is 8.31. The Balaban J connectivity index is 1.74. The molecule has 154 valence electrons. The first-order valence-electron chi connectivity index (χ1n) is 9.77. The lowest BCUT2D eigenvalue weighted by Gasteiger charge is -2.36. The Morgan fingerprint density at radius 3 is 2.47 bits per heavy atom. The molecule has 1 aromatic heterocycles. The van der Waals surface area contributed by atoms with Crippen LogP contribution >= 0.6 is 23.2 Å². The van der Waals surface area contributed by atoms with E-state index in [-0.39, 0.29) is 11.2 Å². The summed E-state index contributed by atoms with van der Waals surface area (Å²) in [4.78, 5) is 15.1. The van der Waals surface area contributed by atoms with Gasteiger partial charge in [-0.2, -0.15) is 0 Å². The summed E-state index contributed by atoms with van der Waals surface area (Å²) in [6.07, 6.45) is 1.79. The summed E-state index contributed by atoms with van der Waals surface area (Å²) in [7, 11) is 2.00. The van der Waals surface area contributed by atoms with Gasteiger partial charge < -0.3 is 9.32 Å². The van der Waals surface area contributed by atoms with Crippen LogP contribution in [0.1, 0.15) is 53.6 Å². The third kappa shape index (κ3) is 3.27. The van der Waals surface area contributed by atoms with Gasteiger partial charge in [-0.25, -0.2) is 0 Å². The molecule has 5 heteroatoms. The SMILES string of the molecule is C/C(=C/c1cc2c(o1)N(C)c1ccccc1C2(C)C)C(=O)c1cc(Cl)c(Cl)cc1C. The van der Waals surface area contributed by atoms with Crippen molar-refractivity contribution < 1.29 is 9.21 Å². The minimum absolute atomic E-state index is 0.101. The Morgan fingerprint density at radius 1 is 1.07 bits per heavy atom. The number of para-hydroxylation sites is 1. The van der Waals surface area contributed by atoms with Gasteiger partial charge in [0.1, 0.15) is 5.76 Å². The van der Waals surface area contributed by atoms with Crippen molar-refractivity contribution in [2.24, 2.45) is 0 Å². The molecular weight excluding hydrogens is 417 g/mol. The molecule has 0 amide bonds. The van der Waals surface area contributed by atoms with Crippen LogP contribution in [-0.4, -0.2) is 12.8 Å². The van der Waals surface area contributed by atoms with Gasteiger partial charge in [0.05, 0.1) is 10.0 Å². The van der Waals surface area contributed by atoms with E-state index in [1.807, 2.05) is 26.1 Å². The van der Waals surface area contributed by atoms with Crippen LogP contribution in [0.4, 0.5) is 11.6 Å². The number of Topliss-reactive ketones (excluding diaryl/α,β-unsaturated/α-hetero) is 1. The molecule has 0 spiro atoms. The van der Waals surface area contributed by atoms with Gasteiger partial charge in [0.15, 0.2) is 5.78 Å². The summed E-state index contributed by atoms with van der Waals surface area (Å²) < 4.78 is 6.19. The van der Waals surface area contributed by atoms with Crippen LogP contribution < -0.4 is 4.90 Å². The molecule has 30 heavy (non-hydrogen) atoms. The van der Waals surface area contributed by atoms with Crippen LogP contribution in [0.25, 0.3) is 6.08 Å². The number of halogens is 2. The van der Waals surface area contributed by atoms with Gasteiger partial charge in [0.25, 0.3) is 0 Å². The summed E-state index contributed by atoms with van der Waals surface area (Å²) in [5.74, 6) is 1.35. The topological polar surface area (TPSA) is 33.5 Å². The smallest absolute Gasteiger partial charge is 0.204 e. The Labute approximate surface area is 186 Å². The molecule has 2 heterocycles. The number of ketones is 1. The van der Waals surface area contributed by atoms with Crippen LogP contribution in [0.3, 0.4) is 0 Å². The largest absolute Gasteiger partial charge is 0.440 e. The van der Waals surface area contributed by atoms with Crippen molar-refractivity contribution in [3.8, 4) is 0 Å². The number of carbonyl (C=O) groups excluding carboxylic acids is 1. The fraction of sp³-hybridized carbons (Fsp3) is 0.240. The number of rotatable bonds is 3. The van der Waals surface area contributed by atoms with Crippen LogP contribution in [0.2, 0.25) is 10.0 Å². The van der Waals surface area contributed by atoms with Crippen molar-refractivity contribution >= 4 is 46.6 Å². The van der Waals surface area contributed by atoms with Gasteiger partial charge in [0.2, 0.25) is 5.88 Å². The highest BCUT2D eigenvalue weighted by Gasteiger charge is 2.37. The Morgan fingerprint density at radius 2 is 1.73 bits per heavy atom. The number of hydrogen-bond donors (Lipinski definition) is 0. The van der Waals surface area contributed by atoms with Crippen molar-refractivity contribution in [1.29, 1.82) is 0 Å². The molecule has 3 aromatic rings. The predicted molar refractivity (Wildman–Crippen MR) is 125 cm³/mol. The van der Waals surface area contributed by atoms with Gasteiger partial charge >= 0.3 is 0 Å². The zero-order valence-corrected chi connectivity index (χ0v) is 19.2. The Hall–Kier alpha value is -2.49. The Bertz CT molecular complexity index is 1200. The quantitative estimate of drug-likeness (QED) is 0.311. The van der Waals surface area contributed by atoms with E-state index >= 15 is 0 Å². The predicted octanol–water partition coefficient (Wildman–Crippen LogP) is 7.59. The van der Waals surface area contributed by atoms with Gasteiger partial charge in [-0.1, -0.05) is 55.2 Å². The van der Waals surface area contributed by atoms with E-state index in [1.54, 1.807) is 25.1 Å². The first kappa shape index (κ1) is 20.8. The van der Waals surface area contributed by atoms with Gasteiger partial charge in [-0.05, 0) is 55.3 Å². The van der Waals surface area contributed by atoms with E-state index in [2.05, 4.69) is 36.9 Å². The summed E-state index contributed by atoms with van der Waals surface area (Å²) in [6, 6.07) is 13.7. The number of allylic oxidation sites excluding steroid dienone is 1. The molecule has 1 aliphatic rings. The fourth-order valence-electron chi connectivity index (χ4n) is 4.10. The molecule has 3 nitrogen and oxygen atoms in total. The lowest BCUT2D eigenvalue weighted by Crippen LogP contribution is -2.29. The molecular formula is C25H23Cl2NO2. The average Bonchev–Trinajstić information content (AvgIpc) is 3.14. The van der Waals surface area contributed by atoms with Crippen LogP contribution in [0, 0.1) is 6.92 Å². The van der Waals surface area contributed by atoms with E-state index in [1.165, 1.54) is 5.56 Å². The number of furan rings is 1. The number of benzene rings is 2. The lowest BCUT2D eigenvalue weighted by atomic mass is 9.75. The number of nitrogens with zero attached hydrogens (tertiary/aromatic N) is 1. The molecule has 0 saturated heterocycles. The van der Waals surface area contributed by atoms with Crippen LogP contribution in [0.5, 0.6) is 0 Å². The van der Waals surface area contributed by atoms with Crippen molar-refractivity contribution in [1.82, 2.24) is 0 Å². The van der Waals surface area contributed by atoms with E-state index in [0.29, 0.717) is 26.9 Å². The van der Waals surface area contributed by atoms with Crippen molar-refractivity contribution in [3.63, 3.8) is 0 Å². The maximum atomic E-state index is 13.0. The average molecular weight is 440 g/mol. The molecule has 0 bridgehead atoms. The maximum absolute atomic E-state index is 13.0. The first-order valence-corrected chi connectivity index (χ1v) is 10.5. The second-order valence-corrected chi connectivity index (χ2v) is 9.12. The number of aryl methyl sites for hydroxylation is 1. The third-order valence-corrected chi connectivity index (χ3v) is 6.60. The maximum Gasteiger partial charge on any atom is 0.204 e. The minimum Gasteiger partial charge on any atom is -0.440 e. The molecule has 2 aromatic carbocycles. The van der Waals surface area contributed by atoms with E-state index in [0.717, 1.165) is 22.7 Å². The molecule has 0 N–H and O–H groups in total. The van der Waals surface area contributed by atoms with Gasteiger partial charge in [0, 0.05) is 34.9 Å². The minimum atomic E-state index is -0.202. The van der Waals surface area contributed by atoms with Crippen LogP contribution in [-0.2, 0) is 5.41 Å². The summed E-state index contributed by atoms with van der Waals surface area (Å²) in [5.41, 5.74) is 5.17. The first-order chi connectivity index (χ1) is 14.1. The molecule has 0 fully saturated rings. The van der Waals surface area contributed by atoms with Crippen molar-refractivity contribution in [3.05, 3.63) is 86.1 Å². The highest BCUT2D eigenvalue weighted by Crippen LogP contribution is 2.49. The summed E-state index contributed by atoms with van der Waals surface area (Å²) in [6.45, 7) is 8.02.